The van der Waals surface area contributed by atoms with Crippen LogP contribution in [0.4, 0.5) is 10.1 Å². The molecule has 7 rings (SSSR count). The van der Waals surface area contributed by atoms with Crippen LogP contribution in [0.2, 0.25) is 5.02 Å². The van der Waals surface area contributed by atoms with Gasteiger partial charge in [-0.25, -0.2) is 4.39 Å². The molecule has 9 heteroatoms. The molecule has 1 atom stereocenters. The van der Waals surface area contributed by atoms with Crippen molar-refractivity contribution in [2.45, 2.75) is 18.5 Å². The lowest BCUT2D eigenvalue weighted by Gasteiger charge is -2.34. The summed E-state index contributed by atoms with van der Waals surface area (Å²) in [6.07, 6.45) is 0.383. The van der Waals surface area contributed by atoms with Crippen LogP contribution in [0.1, 0.15) is 32.8 Å². The number of nitrogens with zero attached hydrogens (tertiary/aromatic N) is 2. The summed E-state index contributed by atoms with van der Waals surface area (Å²) in [7, 11) is 1.58. The van der Waals surface area contributed by atoms with Gasteiger partial charge >= 0.3 is 0 Å². The number of para-hydroxylation sites is 1. The van der Waals surface area contributed by atoms with Gasteiger partial charge < -0.3 is 19.0 Å². The first-order chi connectivity index (χ1) is 20.8. The topological polar surface area (TPSA) is 80.1 Å². The van der Waals surface area contributed by atoms with Crippen LogP contribution < -0.4 is 15.1 Å². The average Bonchev–Trinajstić information content (AvgIpc) is 3.41. The first-order valence-corrected chi connectivity index (χ1v) is 14.1. The van der Waals surface area contributed by atoms with E-state index in [1.54, 1.807) is 55.6 Å². The van der Waals surface area contributed by atoms with Gasteiger partial charge in [-0.05, 0) is 54.4 Å². The molecule has 1 aromatic heterocycles. The number of rotatable bonds is 6. The zero-order chi connectivity index (χ0) is 29.9. The maximum atomic E-state index is 14.9. The van der Waals surface area contributed by atoms with E-state index in [1.807, 2.05) is 24.3 Å². The molecule has 5 aromatic rings. The molecule has 0 N–H and O–H groups in total. The average molecular weight is 595 g/mol. The second-order valence-electron chi connectivity index (χ2n) is 10.5. The highest BCUT2D eigenvalue weighted by Crippen LogP contribution is 2.53. The van der Waals surface area contributed by atoms with Gasteiger partial charge in [-0.3, -0.25) is 14.4 Å². The fourth-order valence-corrected chi connectivity index (χ4v) is 6.42. The maximum absolute atomic E-state index is 14.9. The molecular weight excluding hydrogens is 571 g/mol. The zero-order valence-electron chi connectivity index (χ0n) is 23.0. The lowest BCUT2D eigenvalue weighted by molar-refractivity contribution is -0.126. The summed E-state index contributed by atoms with van der Waals surface area (Å²) in [5.74, 6) is -1.08. The van der Waals surface area contributed by atoms with Crippen molar-refractivity contribution in [3.8, 4) is 5.75 Å². The maximum Gasteiger partial charge on any atom is 0.291 e. The second-order valence-corrected chi connectivity index (χ2v) is 11.0. The molecule has 0 fully saturated rings. The monoisotopic (exact) mass is 594 g/mol. The van der Waals surface area contributed by atoms with E-state index in [0.29, 0.717) is 34.0 Å². The predicted molar refractivity (Wildman–Crippen MR) is 160 cm³/mol. The van der Waals surface area contributed by atoms with E-state index in [1.165, 1.54) is 28.0 Å². The Kier molecular flexibility index (Phi) is 6.32. The number of fused-ring (bicyclic) bond motifs is 5. The van der Waals surface area contributed by atoms with Crippen molar-refractivity contribution in [3.63, 3.8) is 0 Å². The zero-order valence-corrected chi connectivity index (χ0v) is 23.7. The first kappa shape index (κ1) is 26.9. The predicted octanol–water partition coefficient (Wildman–Crippen LogP) is 6.08. The highest BCUT2D eigenvalue weighted by molar-refractivity contribution is 6.31. The van der Waals surface area contributed by atoms with Crippen LogP contribution in [0.3, 0.4) is 0 Å². The Morgan fingerprint density at radius 2 is 1.67 bits per heavy atom. The first-order valence-electron chi connectivity index (χ1n) is 13.7. The third-order valence-electron chi connectivity index (χ3n) is 8.27. The van der Waals surface area contributed by atoms with Gasteiger partial charge in [0.1, 0.15) is 17.1 Å². The third kappa shape index (κ3) is 3.97. The highest BCUT2D eigenvalue weighted by Gasteiger charge is 2.64. The number of anilines is 1. The van der Waals surface area contributed by atoms with E-state index in [9.17, 15) is 18.8 Å². The molecule has 2 aliphatic rings. The summed E-state index contributed by atoms with van der Waals surface area (Å²) >= 11 is 6.25. The summed E-state index contributed by atoms with van der Waals surface area (Å²) in [6.45, 7) is 0.00434. The van der Waals surface area contributed by atoms with E-state index < -0.39 is 28.6 Å². The van der Waals surface area contributed by atoms with Crippen LogP contribution in [0, 0.1) is 5.82 Å². The van der Waals surface area contributed by atoms with Crippen LogP contribution in [0.15, 0.2) is 100 Å². The number of amides is 2. The van der Waals surface area contributed by atoms with Crippen LogP contribution in [0.5, 0.6) is 5.75 Å². The minimum Gasteiger partial charge on any atom is -0.497 e. The van der Waals surface area contributed by atoms with E-state index in [4.69, 9.17) is 20.8 Å². The van der Waals surface area contributed by atoms with Gasteiger partial charge in [0, 0.05) is 22.7 Å². The minimum atomic E-state index is -1.82. The molecule has 2 amide bonds. The minimum absolute atomic E-state index is 0.0597. The molecule has 2 aliphatic heterocycles. The van der Waals surface area contributed by atoms with Gasteiger partial charge in [0.15, 0.2) is 11.0 Å². The number of halogens is 2. The Morgan fingerprint density at radius 1 is 0.930 bits per heavy atom. The molecule has 3 heterocycles. The number of hydrogen-bond donors (Lipinski definition) is 0. The van der Waals surface area contributed by atoms with Gasteiger partial charge in [-0.2, -0.15) is 0 Å². The Bertz CT molecular complexity index is 2010. The van der Waals surface area contributed by atoms with E-state index in [2.05, 4.69) is 0 Å². The van der Waals surface area contributed by atoms with Gasteiger partial charge in [0.05, 0.1) is 30.3 Å². The van der Waals surface area contributed by atoms with Crippen molar-refractivity contribution in [1.82, 2.24) is 4.90 Å². The van der Waals surface area contributed by atoms with Crippen molar-refractivity contribution >= 4 is 40.1 Å². The molecule has 0 saturated carbocycles. The van der Waals surface area contributed by atoms with Gasteiger partial charge in [0.25, 0.3) is 11.8 Å². The lowest BCUT2D eigenvalue weighted by Crippen LogP contribution is -2.53. The standard InChI is InChI=1S/C34H24ClFN2O5/c1-42-23-13-10-20(11-14-23)16-17-38-32(40)31-29(30(39)24-18-22(35)12-15-28(24)43-31)34(38)25-7-3-5-9-27(25)37(33(34)41)19-21-6-2-4-8-26(21)36/h2-15,18H,16-17,19H2,1H3. The molecule has 1 spiro atoms. The highest BCUT2D eigenvalue weighted by atomic mass is 35.5. The van der Waals surface area contributed by atoms with Gasteiger partial charge in [0.2, 0.25) is 5.76 Å². The van der Waals surface area contributed by atoms with Crippen molar-refractivity contribution < 1.29 is 23.1 Å². The van der Waals surface area contributed by atoms with Crippen LogP contribution >= 0.6 is 11.6 Å². The molecule has 1 unspecified atom stereocenters. The second kappa shape index (κ2) is 10.1. The van der Waals surface area contributed by atoms with Crippen molar-refractivity contribution in [3.05, 3.63) is 140 Å². The smallest absolute Gasteiger partial charge is 0.291 e. The number of carbonyl (C=O) groups excluding carboxylic acids is 2. The number of benzene rings is 4. The molecule has 0 bridgehead atoms. The normalized spacial score (nSPS) is 17.2. The van der Waals surface area contributed by atoms with Crippen LogP contribution in [0.25, 0.3) is 11.0 Å². The largest absolute Gasteiger partial charge is 0.497 e. The SMILES string of the molecule is COc1ccc(CCN2C(=O)c3oc4ccc(Cl)cc4c(=O)c3C23C(=O)N(Cc2ccccc2F)c2ccccc23)cc1. The molecule has 43 heavy (non-hydrogen) atoms. The molecule has 7 nitrogen and oxygen atoms in total. The fourth-order valence-electron chi connectivity index (χ4n) is 6.25. The molecule has 214 valence electrons. The molecule has 0 saturated heterocycles. The third-order valence-corrected chi connectivity index (χ3v) is 8.50. The molecule has 4 aromatic carbocycles. The van der Waals surface area contributed by atoms with Crippen molar-refractivity contribution in [2.24, 2.45) is 0 Å². The quantitative estimate of drug-likeness (QED) is 0.238. The van der Waals surface area contributed by atoms with Gasteiger partial charge in [-0.15, -0.1) is 0 Å². The Labute approximate surface area is 250 Å². The molecule has 0 aliphatic carbocycles. The van der Waals surface area contributed by atoms with Crippen LogP contribution in [-0.2, 0) is 23.3 Å². The summed E-state index contributed by atoms with van der Waals surface area (Å²) < 4.78 is 26.2. The van der Waals surface area contributed by atoms with E-state index >= 15 is 0 Å². The fraction of sp³-hybridized carbons (Fsp3) is 0.147. The molecular formula is C34H24ClFN2O5. The van der Waals surface area contributed by atoms with E-state index in [-0.39, 0.29) is 35.4 Å². The summed E-state index contributed by atoms with van der Waals surface area (Å²) in [5, 5.41) is 0.474. The van der Waals surface area contributed by atoms with Crippen LogP contribution in [-0.4, -0.2) is 30.4 Å². The van der Waals surface area contributed by atoms with E-state index in [0.717, 1.165) is 5.56 Å². The number of hydrogen-bond acceptors (Lipinski definition) is 5. The lowest BCUT2D eigenvalue weighted by atomic mass is 9.83. The number of ether oxygens (including phenoxy) is 1. The van der Waals surface area contributed by atoms with Crippen molar-refractivity contribution in [1.29, 1.82) is 0 Å². The Morgan fingerprint density at radius 3 is 2.44 bits per heavy atom. The Hall–Kier alpha value is -4.95. The summed E-state index contributed by atoms with van der Waals surface area (Å²) in [4.78, 5) is 46.3. The summed E-state index contributed by atoms with van der Waals surface area (Å²) in [5.41, 5.74) is -0.0748. The molecule has 0 radical (unpaired) electrons. The number of methoxy groups -OCH3 is 1. The number of carbonyl (C=O) groups is 2. The van der Waals surface area contributed by atoms with Gasteiger partial charge in [-0.1, -0.05) is 60.1 Å². The summed E-state index contributed by atoms with van der Waals surface area (Å²) in [6, 6.07) is 25.2. The Balaban J connectivity index is 1.44. The van der Waals surface area contributed by atoms with Crippen molar-refractivity contribution in [2.75, 3.05) is 18.6 Å².